The van der Waals surface area contributed by atoms with E-state index in [-0.39, 0.29) is 35.7 Å². The highest BCUT2D eigenvalue weighted by Gasteiger charge is 2.46. The fraction of sp³-hybridized carbons (Fsp3) is 0.371. The second-order valence-electron chi connectivity index (χ2n) is 24.0. The minimum absolute atomic E-state index is 0.0721. The van der Waals surface area contributed by atoms with Crippen LogP contribution in [0.1, 0.15) is 63.7 Å². The van der Waals surface area contributed by atoms with Crippen molar-refractivity contribution in [3.63, 3.8) is 0 Å². The quantitative estimate of drug-likeness (QED) is 0.0622. The predicted octanol–water partition coefficient (Wildman–Crippen LogP) is 8.54. The summed E-state index contributed by atoms with van der Waals surface area (Å²) in [7, 11) is 0. The van der Waals surface area contributed by atoms with Gasteiger partial charge in [-0.05, 0) is 124 Å². The Hall–Kier alpha value is -9.88. The summed E-state index contributed by atoms with van der Waals surface area (Å²) in [6.07, 6.45) is 11.0. The molecule has 0 N–H and O–H groups in total. The molecular formula is C70H80N16O8. The molecule has 4 fully saturated rings. The van der Waals surface area contributed by atoms with Gasteiger partial charge in [-0.2, -0.15) is 40.2 Å². The van der Waals surface area contributed by atoms with Crippen LogP contribution < -0.4 is 40.5 Å². The summed E-state index contributed by atoms with van der Waals surface area (Å²) in [6.45, 7) is 17.6. The number of aromatic nitrogens is 12. The first kappa shape index (κ1) is 62.9. The van der Waals surface area contributed by atoms with Crippen molar-refractivity contribution in [3.05, 3.63) is 227 Å². The first-order valence-electron chi connectivity index (χ1n) is 32.4. The Bertz CT molecular complexity index is 3830. The number of nitrogens with zero attached hydrogens (tertiary/aromatic N) is 16. The van der Waals surface area contributed by atoms with Gasteiger partial charge in [0.1, 0.15) is 62.7 Å². The van der Waals surface area contributed by atoms with Gasteiger partial charge < -0.3 is 48.0 Å². The van der Waals surface area contributed by atoms with Crippen LogP contribution in [0.4, 0.5) is 22.7 Å². The largest absolute Gasteiger partial charge is 0.491 e. The maximum Gasteiger partial charge on any atom is 0.350 e. The zero-order chi connectivity index (χ0) is 64.4. The molecule has 0 aliphatic carbocycles. The molecule has 488 valence electrons. The van der Waals surface area contributed by atoms with Crippen molar-refractivity contribution in [2.45, 2.75) is 89.5 Å². The Morgan fingerprint density at radius 3 is 1.05 bits per heavy atom. The molecule has 4 aliphatic rings. The molecule has 0 amide bonds. The Balaban J connectivity index is 0.000000171. The third-order valence-electron chi connectivity index (χ3n) is 18.0. The van der Waals surface area contributed by atoms with E-state index in [0.717, 1.165) is 111 Å². The first-order valence-corrected chi connectivity index (χ1v) is 32.4. The standard InChI is InChI=1S/2C35H40N8O4/c2*1-3-27(2)43-34(44)41(26-38-43)31-11-9-29(10-12-31)39-19-21-40(22-20-39)30-13-15-32(16-14-30)45-23-33-24-46-35(47-33,25-42-36-17-18-37-42)28-7-5-4-6-8-28/h2*4-18,26-27,33H,3,19-25H2,1-2H3/t27-,33+,35+;27-,33-,35-/m01/s1. The van der Waals surface area contributed by atoms with E-state index in [1.54, 1.807) is 65.5 Å². The van der Waals surface area contributed by atoms with Gasteiger partial charge in [0.2, 0.25) is 11.6 Å². The minimum atomic E-state index is -0.973. The highest BCUT2D eigenvalue weighted by atomic mass is 16.8. The lowest BCUT2D eigenvalue weighted by atomic mass is 10.1. The van der Waals surface area contributed by atoms with E-state index < -0.39 is 11.6 Å². The van der Waals surface area contributed by atoms with Gasteiger partial charge in [0.15, 0.2) is 0 Å². The summed E-state index contributed by atoms with van der Waals surface area (Å²) < 4.78 is 44.0. The number of rotatable bonds is 22. The van der Waals surface area contributed by atoms with E-state index in [1.165, 1.54) is 11.4 Å². The fourth-order valence-electron chi connectivity index (χ4n) is 12.3. The lowest BCUT2D eigenvalue weighted by Gasteiger charge is -2.37. The van der Waals surface area contributed by atoms with Crippen LogP contribution in [0.15, 0.2) is 205 Å². The lowest BCUT2D eigenvalue weighted by Crippen LogP contribution is -2.46. The van der Waals surface area contributed by atoms with Gasteiger partial charge in [0.05, 0.1) is 61.5 Å². The Morgan fingerprint density at radius 2 is 0.734 bits per heavy atom. The van der Waals surface area contributed by atoms with E-state index in [9.17, 15) is 9.59 Å². The highest BCUT2D eigenvalue weighted by molar-refractivity contribution is 5.56. The molecule has 0 radical (unpaired) electrons. The third-order valence-corrected chi connectivity index (χ3v) is 18.0. The van der Waals surface area contributed by atoms with Gasteiger partial charge in [0, 0.05) is 86.2 Å². The van der Waals surface area contributed by atoms with Gasteiger partial charge >= 0.3 is 11.4 Å². The monoisotopic (exact) mass is 1270 g/mol. The normalized spacial score (nSPS) is 20.4. The van der Waals surface area contributed by atoms with Crippen LogP contribution >= 0.6 is 0 Å². The maximum atomic E-state index is 12.8. The van der Waals surface area contributed by atoms with Crippen molar-refractivity contribution in [1.29, 1.82) is 0 Å². The number of piperazine rings is 2. The third kappa shape index (κ3) is 14.0. The molecule has 6 aromatic carbocycles. The maximum absolute atomic E-state index is 12.8. The Labute approximate surface area is 545 Å². The molecular weight excluding hydrogens is 1190 g/mol. The van der Waals surface area contributed by atoms with Crippen molar-refractivity contribution < 1.29 is 28.4 Å². The zero-order valence-electron chi connectivity index (χ0n) is 53.5. The molecule has 0 saturated carbocycles. The van der Waals surface area contributed by atoms with E-state index >= 15 is 0 Å². The number of ether oxygens (including phenoxy) is 6. The second-order valence-corrected chi connectivity index (χ2v) is 24.0. The van der Waals surface area contributed by atoms with Crippen LogP contribution in [0.5, 0.6) is 11.5 Å². The fourth-order valence-corrected chi connectivity index (χ4v) is 12.3. The molecule has 4 saturated heterocycles. The summed E-state index contributed by atoms with van der Waals surface area (Å²) in [5.74, 6) is -0.371. The van der Waals surface area contributed by atoms with Crippen LogP contribution in [0.3, 0.4) is 0 Å². The molecule has 6 atom stereocenters. The smallest absolute Gasteiger partial charge is 0.350 e. The van der Waals surface area contributed by atoms with Gasteiger partial charge in [-0.15, -0.1) is 0 Å². The van der Waals surface area contributed by atoms with Crippen molar-refractivity contribution in [3.8, 4) is 22.9 Å². The van der Waals surface area contributed by atoms with Gasteiger partial charge in [-0.25, -0.2) is 28.1 Å². The minimum Gasteiger partial charge on any atom is -0.491 e. The van der Waals surface area contributed by atoms with E-state index in [1.807, 2.05) is 123 Å². The number of anilines is 4. The summed E-state index contributed by atoms with van der Waals surface area (Å²) in [4.78, 5) is 38.3. The van der Waals surface area contributed by atoms with E-state index in [2.05, 4.69) is 113 Å². The van der Waals surface area contributed by atoms with Crippen molar-refractivity contribution in [2.75, 3.05) is 98.4 Å². The molecule has 4 aromatic heterocycles. The van der Waals surface area contributed by atoms with Gasteiger partial charge in [0.25, 0.3) is 0 Å². The predicted molar refractivity (Wildman–Crippen MR) is 356 cm³/mol. The molecule has 24 nitrogen and oxygen atoms in total. The second kappa shape index (κ2) is 28.5. The van der Waals surface area contributed by atoms with Crippen LogP contribution in [0, 0.1) is 0 Å². The average Bonchev–Trinajstić information content (AvgIpc) is 1.64. The number of hydrogen-bond acceptors (Lipinski definition) is 18. The highest BCUT2D eigenvalue weighted by Crippen LogP contribution is 2.38. The SMILES string of the molecule is CC[C@@H](C)n1ncn(-c2ccc(N3CCN(c4ccc(OC[C@@H]5CO[C@@](Cn6nccn6)(c6ccccc6)O5)cc4)CC3)cc2)c1=O.CC[C@H](C)n1ncn(-c2ccc(N3CCN(c4ccc(OC[C@@H]5CO[C@@](Cn6nccn6)(c6ccccc6)O5)cc4)CC3)cc2)c1=O. The Kier molecular flexibility index (Phi) is 19.1. The molecule has 0 spiro atoms. The molecule has 24 heteroatoms. The average molecular weight is 1270 g/mol. The van der Waals surface area contributed by atoms with E-state index in [4.69, 9.17) is 28.4 Å². The summed E-state index contributed by atoms with van der Waals surface area (Å²) >= 11 is 0. The molecule has 0 bridgehead atoms. The number of benzene rings is 6. The van der Waals surface area contributed by atoms with E-state index in [0.29, 0.717) is 39.5 Å². The topological polar surface area (TPSA) is 209 Å². The van der Waals surface area contributed by atoms with Crippen molar-refractivity contribution >= 4 is 22.7 Å². The van der Waals surface area contributed by atoms with Crippen molar-refractivity contribution in [1.82, 2.24) is 58.7 Å². The summed E-state index contributed by atoms with van der Waals surface area (Å²) in [5.41, 5.74) is 7.90. The summed E-state index contributed by atoms with van der Waals surface area (Å²) in [5, 5.41) is 25.6. The molecule has 94 heavy (non-hydrogen) atoms. The van der Waals surface area contributed by atoms with Crippen LogP contribution in [-0.2, 0) is 43.6 Å². The zero-order valence-corrected chi connectivity index (χ0v) is 53.5. The van der Waals surface area contributed by atoms with Crippen LogP contribution in [-0.4, -0.2) is 150 Å². The van der Waals surface area contributed by atoms with Crippen LogP contribution in [0.25, 0.3) is 11.4 Å². The molecule has 0 unspecified atom stereocenters. The van der Waals surface area contributed by atoms with Gasteiger partial charge in [-0.3, -0.25) is 0 Å². The lowest BCUT2D eigenvalue weighted by molar-refractivity contribution is -0.192. The molecule has 14 rings (SSSR count). The van der Waals surface area contributed by atoms with Crippen molar-refractivity contribution in [2.24, 2.45) is 0 Å². The summed E-state index contributed by atoms with van der Waals surface area (Å²) in [6, 6.07) is 52.8. The number of hydrogen-bond donors (Lipinski definition) is 0. The molecule has 10 aromatic rings. The van der Waals surface area contributed by atoms with Gasteiger partial charge in [-0.1, -0.05) is 74.5 Å². The first-order chi connectivity index (χ1) is 46.0. The van der Waals surface area contributed by atoms with Crippen LogP contribution in [0.2, 0.25) is 0 Å². The molecule has 4 aliphatic heterocycles. The molecule has 8 heterocycles. The Morgan fingerprint density at radius 1 is 0.426 bits per heavy atom.